The second kappa shape index (κ2) is 10.0. The first-order valence-electron chi connectivity index (χ1n) is 9.95. The van der Waals surface area contributed by atoms with Crippen molar-refractivity contribution in [3.63, 3.8) is 0 Å². The van der Waals surface area contributed by atoms with Crippen LogP contribution in [0.1, 0.15) is 16.7 Å². The number of aldehydes is 1. The summed E-state index contributed by atoms with van der Waals surface area (Å²) >= 11 is 0. The SMILES string of the molecule is O=CC(CP(=O)(O)O)[C@H](NC(c1ccccc1)(c1ccccc1)c1ccccc1)C(=O)O. The van der Waals surface area contributed by atoms with Gasteiger partial charge >= 0.3 is 13.6 Å². The molecule has 32 heavy (non-hydrogen) atoms. The van der Waals surface area contributed by atoms with Gasteiger partial charge in [0.2, 0.25) is 0 Å². The molecule has 0 aliphatic carbocycles. The molecule has 0 aromatic heterocycles. The minimum atomic E-state index is -4.65. The highest BCUT2D eigenvalue weighted by Gasteiger charge is 2.43. The Balaban J connectivity index is 2.27. The number of hydrogen-bond donors (Lipinski definition) is 4. The highest BCUT2D eigenvalue weighted by atomic mass is 31.2. The van der Waals surface area contributed by atoms with Gasteiger partial charge in [-0.2, -0.15) is 0 Å². The largest absolute Gasteiger partial charge is 0.480 e. The minimum Gasteiger partial charge on any atom is -0.480 e. The fraction of sp³-hybridized carbons (Fsp3) is 0.167. The number of carbonyl (C=O) groups excluding carboxylic acids is 1. The van der Waals surface area contributed by atoms with Crippen molar-refractivity contribution in [1.29, 1.82) is 0 Å². The number of aliphatic carboxylic acids is 1. The number of benzene rings is 3. The molecule has 0 heterocycles. The van der Waals surface area contributed by atoms with E-state index in [4.69, 9.17) is 0 Å². The maximum absolute atomic E-state index is 12.3. The van der Waals surface area contributed by atoms with E-state index < -0.39 is 37.2 Å². The summed E-state index contributed by atoms with van der Waals surface area (Å²) in [5.74, 6) is -2.84. The number of nitrogens with one attached hydrogen (secondary N) is 1. The predicted octanol–water partition coefficient (Wildman–Crippen LogP) is 3.01. The third-order valence-electron chi connectivity index (χ3n) is 5.31. The summed E-state index contributed by atoms with van der Waals surface area (Å²) in [5.41, 5.74) is 0.932. The van der Waals surface area contributed by atoms with Crippen LogP contribution in [0.4, 0.5) is 0 Å². The molecule has 8 heteroatoms. The molecule has 0 spiro atoms. The molecular weight excluding hydrogens is 429 g/mol. The Morgan fingerprint density at radius 3 is 1.50 bits per heavy atom. The van der Waals surface area contributed by atoms with Crippen molar-refractivity contribution in [2.75, 3.05) is 6.16 Å². The molecule has 3 aromatic rings. The molecule has 4 N–H and O–H groups in total. The van der Waals surface area contributed by atoms with Crippen LogP contribution in [0.25, 0.3) is 0 Å². The zero-order valence-corrected chi connectivity index (χ0v) is 18.0. The van der Waals surface area contributed by atoms with Gasteiger partial charge in [0.25, 0.3) is 0 Å². The van der Waals surface area contributed by atoms with Gasteiger partial charge < -0.3 is 19.7 Å². The Morgan fingerprint density at radius 1 is 0.844 bits per heavy atom. The molecule has 0 bridgehead atoms. The molecule has 0 saturated carbocycles. The first kappa shape index (κ1) is 23.6. The molecule has 166 valence electrons. The van der Waals surface area contributed by atoms with Gasteiger partial charge in [0.15, 0.2) is 0 Å². The van der Waals surface area contributed by atoms with Crippen LogP contribution >= 0.6 is 7.60 Å². The van der Waals surface area contributed by atoms with Crippen molar-refractivity contribution in [2.45, 2.75) is 11.6 Å². The number of carbonyl (C=O) groups is 2. The molecule has 3 rings (SSSR count). The molecule has 0 saturated heterocycles. The summed E-state index contributed by atoms with van der Waals surface area (Å²) in [5, 5.41) is 13.1. The Labute approximate surface area is 185 Å². The molecule has 3 aromatic carbocycles. The van der Waals surface area contributed by atoms with E-state index in [1.807, 2.05) is 91.0 Å². The van der Waals surface area contributed by atoms with Crippen LogP contribution in [0.5, 0.6) is 0 Å². The van der Waals surface area contributed by atoms with Gasteiger partial charge in [-0.1, -0.05) is 91.0 Å². The smallest absolute Gasteiger partial charge is 0.326 e. The highest BCUT2D eigenvalue weighted by Crippen LogP contribution is 2.40. The van der Waals surface area contributed by atoms with E-state index in [1.165, 1.54) is 0 Å². The van der Waals surface area contributed by atoms with E-state index >= 15 is 0 Å². The summed E-state index contributed by atoms with van der Waals surface area (Å²) in [6, 6.07) is 25.9. The van der Waals surface area contributed by atoms with E-state index in [2.05, 4.69) is 5.32 Å². The van der Waals surface area contributed by atoms with E-state index in [0.29, 0.717) is 16.7 Å². The van der Waals surface area contributed by atoms with Crippen LogP contribution in [0.15, 0.2) is 91.0 Å². The summed E-state index contributed by atoms with van der Waals surface area (Å²) in [7, 11) is -4.65. The maximum Gasteiger partial charge on any atom is 0.326 e. The Kier molecular flexibility index (Phi) is 7.38. The molecule has 0 aliphatic heterocycles. The third kappa shape index (κ3) is 5.21. The molecule has 1 unspecified atom stereocenters. The van der Waals surface area contributed by atoms with Crippen LogP contribution in [-0.2, 0) is 19.7 Å². The van der Waals surface area contributed by atoms with E-state index in [-0.39, 0.29) is 6.29 Å². The van der Waals surface area contributed by atoms with E-state index in [9.17, 15) is 29.0 Å². The quantitative estimate of drug-likeness (QED) is 0.211. The Bertz CT molecular complexity index is 989. The van der Waals surface area contributed by atoms with Gasteiger partial charge in [0.05, 0.1) is 17.6 Å². The average molecular weight is 453 g/mol. The molecule has 0 aliphatic rings. The van der Waals surface area contributed by atoms with Gasteiger partial charge in [0.1, 0.15) is 12.3 Å². The molecule has 7 nitrogen and oxygen atoms in total. The maximum atomic E-state index is 12.3. The first-order chi connectivity index (χ1) is 15.3. The standard InChI is InChI=1S/C24H24NO6P/c26-16-18(17-32(29,30)31)22(23(27)28)25-24(19-10-4-1-5-11-19,20-12-6-2-7-13-20)21-14-8-3-9-15-21/h1-16,18,22,25H,17H2,(H,27,28)(H2,29,30,31)/t18?,22-/m0/s1. The van der Waals surface area contributed by atoms with Gasteiger partial charge in [-0.3, -0.25) is 14.7 Å². The first-order valence-corrected chi connectivity index (χ1v) is 11.7. The summed E-state index contributed by atoms with van der Waals surface area (Å²) in [4.78, 5) is 42.9. The number of rotatable bonds is 10. The average Bonchev–Trinajstić information content (AvgIpc) is 2.80. The van der Waals surface area contributed by atoms with Crippen molar-refractivity contribution in [2.24, 2.45) is 5.92 Å². The zero-order chi connectivity index (χ0) is 23.2. The second-order valence-electron chi connectivity index (χ2n) is 7.46. The topological polar surface area (TPSA) is 124 Å². The van der Waals surface area contributed by atoms with Crippen molar-refractivity contribution in [1.82, 2.24) is 5.32 Å². The normalized spacial score (nSPS) is 13.8. The summed E-state index contributed by atoms with van der Waals surface area (Å²) < 4.78 is 11.6. The van der Waals surface area contributed by atoms with Crippen molar-refractivity contribution < 1.29 is 29.0 Å². The van der Waals surface area contributed by atoms with Crippen molar-refractivity contribution in [3.8, 4) is 0 Å². The monoisotopic (exact) mass is 453 g/mol. The van der Waals surface area contributed by atoms with Gasteiger partial charge in [-0.25, -0.2) is 0 Å². The lowest BCUT2D eigenvalue weighted by molar-refractivity contribution is -0.142. The second-order valence-corrected chi connectivity index (χ2v) is 9.15. The molecule has 0 fully saturated rings. The molecule has 2 atom stereocenters. The molecule has 0 amide bonds. The predicted molar refractivity (Wildman–Crippen MR) is 120 cm³/mol. The van der Waals surface area contributed by atoms with Crippen LogP contribution in [0, 0.1) is 5.92 Å². The lowest BCUT2D eigenvalue weighted by atomic mass is 9.76. The molecular formula is C24H24NO6P. The fourth-order valence-electron chi connectivity index (χ4n) is 3.90. The minimum absolute atomic E-state index is 0.288. The Hall–Kier alpha value is -3.09. The fourth-order valence-corrected chi connectivity index (χ4v) is 4.75. The Morgan fingerprint density at radius 2 is 1.22 bits per heavy atom. The van der Waals surface area contributed by atoms with Crippen LogP contribution in [-0.4, -0.2) is 39.4 Å². The summed E-state index contributed by atoms with van der Waals surface area (Å²) in [6.07, 6.45) is -0.592. The lowest BCUT2D eigenvalue weighted by Gasteiger charge is -2.40. The number of carboxylic acids is 1. The number of hydrogen-bond acceptors (Lipinski definition) is 4. The van der Waals surface area contributed by atoms with E-state index in [0.717, 1.165) is 0 Å². The van der Waals surface area contributed by atoms with Crippen LogP contribution in [0.3, 0.4) is 0 Å². The third-order valence-corrected chi connectivity index (χ3v) is 6.21. The van der Waals surface area contributed by atoms with Crippen molar-refractivity contribution >= 4 is 19.9 Å². The van der Waals surface area contributed by atoms with Gasteiger partial charge in [0, 0.05) is 0 Å². The summed E-state index contributed by atoms with van der Waals surface area (Å²) in [6.45, 7) is 0. The van der Waals surface area contributed by atoms with Gasteiger partial charge in [-0.15, -0.1) is 0 Å². The van der Waals surface area contributed by atoms with Crippen LogP contribution < -0.4 is 5.32 Å². The lowest BCUT2D eigenvalue weighted by Crippen LogP contribution is -2.56. The van der Waals surface area contributed by atoms with E-state index in [1.54, 1.807) is 0 Å². The molecule has 0 radical (unpaired) electrons. The van der Waals surface area contributed by atoms with Gasteiger partial charge in [-0.05, 0) is 16.7 Å². The van der Waals surface area contributed by atoms with Crippen molar-refractivity contribution in [3.05, 3.63) is 108 Å². The zero-order valence-electron chi connectivity index (χ0n) is 17.1. The van der Waals surface area contributed by atoms with Crippen LogP contribution in [0.2, 0.25) is 0 Å². The highest BCUT2D eigenvalue weighted by molar-refractivity contribution is 7.51. The number of carboxylic acid groups (broad SMARTS) is 1.